The summed E-state index contributed by atoms with van der Waals surface area (Å²) in [6.07, 6.45) is 0.884. The van der Waals surface area contributed by atoms with Crippen LogP contribution in [0.15, 0.2) is 36.4 Å². The molecule has 0 spiro atoms. The van der Waals surface area contributed by atoms with E-state index in [1.54, 1.807) is 13.2 Å². The first-order valence-electron chi connectivity index (χ1n) is 8.56. The molecule has 3 rings (SSSR count). The van der Waals surface area contributed by atoms with Crippen molar-refractivity contribution < 1.29 is 13.9 Å². The van der Waals surface area contributed by atoms with Crippen LogP contribution >= 0.6 is 0 Å². The minimum Gasteiger partial charge on any atom is -0.493 e. The fourth-order valence-electron chi connectivity index (χ4n) is 3.16. The van der Waals surface area contributed by atoms with Gasteiger partial charge in [-0.05, 0) is 49.8 Å². The molecule has 1 N–H and O–H groups in total. The number of rotatable bonds is 6. The van der Waals surface area contributed by atoms with E-state index in [1.807, 2.05) is 38.4 Å². The Morgan fingerprint density at radius 1 is 1.16 bits per heavy atom. The Bertz CT molecular complexity index is 734. The monoisotopic (exact) mass is 344 g/mol. The van der Waals surface area contributed by atoms with Crippen molar-refractivity contribution in [3.8, 4) is 11.5 Å². The van der Waals surface area contributed by atoms with Crippen molar-refractivity contribution in [2.45, 2.75) is 12.5 Å². The van der Waals surface area contributed by atoms with Crippen LogP contribution in [0, 0.1) is 5.82 Å². The third-order valence-corrected chi connectivity index (χ3v) is 4.49. The molecule has 0 fully saturated rings. The molecule has 1 unspecified atom stereocenters. The molecule has 2 aromatic rings. The van der Waals surface area contributed by atoms with Gasteiger partial charge in [-0.25, -0.2) is 4.39 Å². The number of ether oxygens (including phenoxy) is 2. The lowest BCUT2D eigenvalue weighted by molar-refractivity contribution is 0.250. The van der Waals surface area contributed by atoms with Crippen molar-refractivity contribution in [2.75, 3.05) is 40.9 Å². The predicted octanol–water partition coefficient (Wildman–Crippen LogP) is 3.01. The Kier molecular flexibility index (Phi) is 5.56. The van der Waals surface area contributed by atoms with Crippen molar-refractivity contribution in [3.63, 3.8) is 0 Å². The van der Waals surface area contributed by atoms with E-state index in [4.69, 9.17) is 9.47 Å². The van der Waals surface area contributed by atoms with E-state index in [0.717, 1.165) is 30.8 Å². The average Bonchev–Trinajstić information content (AvgIpc) is 2.61. The third kappa shape index (κ3) is 3.94. The molecule has 1 heterocycles. The average molecular weight is 344 g/mol. The van der Waals surface area contributed by atoms with Crippen molar-refractivity contribution in [3.05, 3.63) is 58.9 Å². The van der Waals surface area contributed by atoms with Crippen LogP contribution in [-0.2, 0) is 6.42 Å². The second kappa shape index (κ2) is 7.85. The lowest BCUT2D eigenvalue weighted by atomic mass is 9.89. The zero-order chi connectivity index (χ0) is 17.8. The van der Waals surface area contributed by atoms with E-state index in [0.29, 0.717) is 17.9 Å². The van der Waals surface area contributed by atoms with Crippen LogP contribution in [0.25, 0.3) is 0 Å². The number of hydrogen-bond donors (Lipinski definition) is 1. The molecular weight excluding hydrogens is 319 g/mol. The van der Waals surface area contributed by atoms with Gasteiger partial charge in [-0.15, -0.1) is 0 Å². The number of nitrogens with zero attached hydrogens (tertiary/aromatic N) is 1. The highest BCUT2D eigenvalue weighted by Crippen LogP contribution is 2.38. The van der Waals surface area contributed by atoms with E-state index in [1.165, 1.54) is 11.6 Å². The number of benzene rings is 2. The number of nitrogens with one attached hydrogen (secondary N) is 1. The van der Waals surface area contributed by atoms with Gasteiger partial charge in [-0.3, -0.25) is 0 Å². The van der Waals surface area contributed by atoms with Gasteiger partial charge in [0.05, 0.1) is 13.2 Å². The molecule has 0 bridgehead atoms. The van der Waals surface area contributed by atoms with Gasteiger partial charge in [0.2, 0.25) is 0 Å². The smallest absolute Gasteiger partial charge is 0.161 e. The van der Waals surface area contributed by atoms with E-state index in [9.17, 15) is 4.39 Å². The van der Waals surface area contributed by atoms with Crippen LogP contribution in [0.3, 0.4) is 0 Å². The SMILES string of the molecule is COc1cc2c(cc1OCCN(C)C)C(c1ccccc1F)NCC2. The van der Waals surface area contributed by atoms with Gasteiger partial charge in [-0.2, -0.15) is 0 Å². The molecule has 25 heavy (non-hydrogen) atoms. The Morgan fingerprint density at radius 3 is 2.68 bits per heavy atom. The molecule has 1 atom stereocenters. The molecule has 134 valence electrons. The number of fused-ring (bicyclic) bond motifs is 1. The number of halogens is 1. The largest absolute Gasteiger partial charge is 0.493 e. The van der Waals surface area contributed by atoms with Gasteiger partial charge >= 0.3 is 0 Å². The second-order valence-electron chi connectivity index (χ2n) is 6.51. The molecule has 1 aliphatic rings. The maximum Gasteiger partial charge on any atom is 0.161 e. The minimum atomic E-state index is -0.196. The maximum atomic E-state index is 14.3. The fourth-order valence-corrected chi connectivity index (χ4v) is 3.16. The van der Waals surface area contributed by atoms with E-state index in [-0.39, 0.29) is 11.9 Å². The number of methoxy groups -OCH3 is 1. The van der Waals surface area contributed by atoms with Gasteiger partial charge in [0.1, 0.15) is 12.4 Å². The zero-order valence-electron chi connectivity index (χ0n) is 15.0. The van der Waals surface area contributed by atoms with Crippen LogP contribution < -0.4 is 14.8 Å². The molecule has 4 nitrogen and oxygen atoms in total. The molecule has 0 radical (unpaired) electrons. The van der Waals surface area contributed by atoms with Crippen LogP contribution in [0.5, 0.6) is 11.5 Å². The van der Waals surface area contributed by atoms with Crippen molar-refractivity contribution >= 4 is 0 Å². The summed E-state index contributed by atoms with van der Waals surface area (Å²) in [6, 6.07) is 10.8. The third-order valence-electron chi connectivity index (χ3n) is 4.49. The quantitative estimate of drug-likeness (QED) is 0.873. The summed E-state index contributed by atoms with van der Waals surface area (Å²) in [5, 5.41) is 3.43. The normalized spacial score (nSPS) is 16.6. The van der Waals surface area contributed by atoms with Crippen LogP contribution in [-0.4, -0.2) is 45.8 Å². The summed E-state index contributed by atoms with van der Waals surface area (Å²) in [5.74, 6) is 1.23. The van der Waals surface area contributed by atoms with E-state index < -0.39 is 0 Å². The maximum absolute atomic E-state index is 14.3. The predicted molar refractivity (Wildman–Crippen MR) is 97.0 cm³/mol. The molecule has 1 aliphatic heterocycles. The Hall–Kier alpha value is -2.11. The van der Waals surface area contributed by atoms with E-state index in [2.05, 4.69) is 10.2 Å². The zero-order valence-corrected chi connectivity index (χ0v) is 15.0. The Labute approximate surface area is 148 Å². The van der Waals surface area contributed by atoms with Crippen LogP contribution in [0.4, 0.5) is 4.39 Å². The van der Waals surface area contributed by atoms with Gasteiger partial charge in [0.25, 0.3) is 0 Å². The summed E-state index contributed by atoms with van der Waals surface area (Å²) in [4.78, 5) is 2.06. The molecule has 2 aromatic carbocycles. The van der Waals surface area contributed by atoms with Gasteiger partial charge in [-0.1, -0.05) is 18.2 Å². The standard InChI is InChI=1S/C20H25FN2O2/c1-23(2)10-11-25-19-13-16-14(12-18(19)24-3)8-9-22-20(16)15-6-4-5-7-17(15)21/h4-7,12-13,20,22H,8-11H2,1-3H3. The van der Waals surface area contributed by atoms with Crippen LogP contribution in [0.1, 0.15) is 22.7 Å². The fraction of sp³-hybridized carbons (Fsp3) is 0.400. The Balaban J connectivity index is 1.95. The summed E-state index contributed by atoms with van der Waals surface area (Å²) < 4.78 is 25.7. The minimum absolute atomic E-state index is 0.174. The molecule has 0 saturated heterocycles. The highest BCUT2D eigenvalue weighted by atomic mass is 19.1. The highest BCUT2D eigenvalue weighted by molar-refractivity contribution is 5.51. The van der Waals surface area contributed by atoms with Gasteiger partial charge < -0.3 is 19.7 Å². The molecule has 0 aliphatic carbocycles. The lowest BCUT2D eigenvalue weighted by Gasteiger charge is -2.29. The summed E-state index contributed by atoms with van der Waals surface area (Å²) >= 11 is 0. The highest BCUT2D eigenvalue weighted by Gasteiger charge is 2.25. The van der Waals surface area contributed by atoms with Crippen molar-refractivity contribution in [2.24, 2.45) is 0 Å². The topological polar surface area (TPSA) is 33.7 Å². The van der Waals surface area contributed by atoms with Gasteiger partial charge in [0, 0.05) is 18.7 Å². The first-order valence-corrected chi connectivity index (χ1v) is 8.56. The first kappa shape index (κ1) is 17.7. The molecule has 5 heteroatoms. The van der Waals surface area contributed by atoms with Crippen molar-refractivity contribution in [1.82, 2.24) is 10.2 Å². The summed E-state index contributed by atoms with van der Waals surface area (Å²) in [6.45, 7) is 2.19. The Morgan fingerprint density at radius 2 is 1.96 bits per heavy atom. The van der Waals surface area contributed by atoms with Crippen molar-refractivity contribution in [1.29, 1.82) is 0 Å². The molecule has 0 amide bonds. The summed E-state index contributed by atoms with van der Waals surface area (Å²) in [7, 11) is 5.66. The van der Waals surface area contributed by atoms with E-state index >= 15 is 0 Å². The number of likely N-dealkylation sites (N-methyl/N-ethyl adjacent to an activating group) is 1. The second-order valence-corrected chi connectivity index (χ2v) is 6.51. The first-order chi connectivity index (χ1) is 12.1. The lowest BCUT2D eigenvalue weighted by Crippen LogP contribution is -2.31. The number of hydrogen-bond acceptors (Lipinski definition) is 4. The van der Waals surface area contributed by atoms with Gasteiger partial charge in [0.15, 0.2) is 11.5 Å². The molecular formula is C20H25FN2O2. The summed E-state index contributed by atoms with van der Waals surface area (Å²) in [5.41, 5.74) is 2.88. The molecule has 0 aromatic heterocycles. The molecule has 0 saturated carbocycles. The van der Waals surface area contributed by atoms with Crippen LogP contribution in [0.2, 0.25) is 0 Å².